The predicted octanol–water partition coefficient (Wildman–Crippen LogP) is 3.68. The minimum absolute atomic E-state index is 0.317. The molecule has 2 N–H and O–H groups in total. The lowest BCUT2D eigenvalue weighted by Gasteiger charge is -2.27. The maximum absolute atomic E-state index is 13.7. The van der Waals surface area contributed by atoms with Gasteiger partial charge in [-0.2, -0.15) is 4.98 Å². The molecule has 0 aromatic carbocycles. The Labute approximate surface area is 120 Å². The van der Waals surface area contributed by atoms with Crippen molar-refractivity contribution in [1.82, 2.24) is 9.97 Å². The zero-order valence-corrected chi connectivity index (χ0v) is 12.5. The van der Waals surface area contributed by atoms with Crippen molar-refractivity contribution in [2.75, 3.05) is 23.7 Å². The Morgan fingerprint density at radius 1 is 1.35 bits per heavy atom. The maximum Gasteiger partial charge on any atom is 0.224 e. The van der Waals surface area contributed by atoms with Crippen LogP contribution in [0.15, 0.2) is 6.20 Å². The zero-order chi connectivity index (χ0) is 14.4. The van der Waals surface area contributed by atoms with E-state index in [4.69, 9.17) is 0 Å². The molecule has 0 radical (unpaired) electrons. The van der Waals surface area contributed by atoms with Crippen molar-refractivity contribution >= 4 is 11.8 Å². The van der Waals surface area contributed by atoms with E-state index in [0.717, 1.165) is 25.4 Å². The van der Waals surface area contributed by atoms with Crippen LogP contribution in [0, 0.1) is 17.7 Å². The fourth-order valence-corrected chi connectivity index (χ4v) is 2.80. The predicted molar refractivity (Wildman–Crippen MR) is 80.4 cm³/mol. The van der Waals surface area contributed by atoms with Crippen molar-refractivity contribution in [3.63, 3.8) is 0 Å². The molecule has 2 unspecified atom stereocenters. The van der Waals surface area contributed by atoms with Gasteiger partial charge in [0, 0.05) is 13.1 Å². The normalized spacial score (nSPS) is 22.6. The third-order valence-corrected chi connectivity index (χ3v) is 3.88. The van der Waals surface area contributed by atoms with Crippen molar-refractivity contribution in [2.24, 2.45) is 11.8 Å². The van der Waals surface area contributed by atoms with Gasteiger partial charge in [0.25, 0.3) is 0 Å². The highest BCUT2D eigenvalue weighted by Gasteiger charge is 2.19. The lowest BCUT2D eigenvalue weighted by atomic mass is 9.82. The third kappa shape index (κ3) is 4.32. The Morgan fingerprint density at radius 3 is 2.95 bits per heavy atom. The molecule has 112 valence electrons. The van der Waals surface area contributed by atoms with Crippen LogP contribution in [0.5, 0.6) is 0 Å². The number of hydrogen-bond donors (Lipinski definition) is 2. The van der Waals surface area contributed by atoms with E-state index in [1.165, 1.54) is 31.9 Å². The Kier molecular flexibility index (Phi) is 5.56. The second-order valence-corrected chi connectivity index (χ2v) is 5.84. The fraction of sp³-hybridized carbons (Fsp3) is 0.733. The zero-order valence-electron chi connectivity index (χ0n) is 12.5. The summed E-state index contributed by atoms with van der Waals surface area (Å²) < 4.78 is 13.7. The van der Waals surface area contributed by atoms with Gasteiger partial charge in [0.1, 0.15) is 0 Å². The van der Waals surface area contributed by atoms with E-state index in [1.807, 2.05) is 0 Å². The van der Waals surface area contributed by atoms with Crippen LogP contribution in [0.2, 0.25) is 0 Å². The third-order valence-electron chi connectivity index (χ3n) is 3.88. The largest absolute Gasteiger partial charge is 0.367 e. The Balaban J connectivity index is 1.90. The van der Waals surface area contributed by atoms with Gasteiger partial charge in [-0.25, -0.2) is 9.37 Å². The topological polar surface area (TPSA) is 49.8 Å². The Hall–Kier alpha value is -1.39. The second kappa shape index (κ2) is 7.41. The molecule has 0 spiro atoms. The molecule has 2 rings (SSSR count). The molecule has 20 heavy (non-hydrogen) atoms. The molecule has 0 amide bonds. The molecule has 0 saturated heterocycles. The van der Waals surface area contributed by atoms with E-state index in [2.05, 4.69) is 34.4 Å². The van der Waals surface area contributed by atoms with Crippen LogP contribution in [0.1, 0.15) is 46.0 Å². The van der Waals surface area contributed by atoms with Gasteiger partial charge in [0.2, 0.25) is 5.95 Å². The van der Waals surface area contributed by atoms with Gasteiger partial charge in [-0.3, -0.25) is 0 Å². The molecule has 1 aliphatic rings. The van der Waals surface area contributed by atoms with Crippen molar-refractivity contribution in [1.29, 1.82) is 0 Å². The first kappa shape index (κ1) is 15.0. The summed E-state index contributed by atoms with van der Waals surface area (Å²) in [5, 5.41) is 6.23. The van der Waals surface area contributed by atoms with Crippen molar-refractivity contribution in [3.8, 4) is 0 Å². The van der Waals surface area contributed by atoms with E-state index < -0.39 is 0 Å². The molecular formula is C15H25FN4. The number of aromatic nitrogens is 2. The number of hydrogen-bond acceptors (Lipinski definition) is 4. The molecule has 1 saturated carbocycles. The molecule has 1 heterocycles. The molecule has 1 aromatic rings. The first-order valence-corrected chi connectivity index (χ1v) is 7.69. The molecule has 1 fully saturated rings. The highest BCUT2D eigenvalue weighted by Crippen LogP contribution is 2.28. The summed E-state index contributed by atoms with van der Waals surface area (Å²) in [5.41, 5.74) is 0. The number of rotatable bonds is 6. The van der Waals surface area contributed by atoms with Crippen molar-refractivity contribution < 1.29 is 4.39 Å². The van der Waals surface area contributed by atoms with Crippen LogP contribution in [0.4, 0.5) is 16.2 Å². The molecule has 4 nitrogen and oxygen atoms in total. The van der Waals surface area contributed by atoms with Crippen molar-refractivity contribution in [3.05, 3.63) is 12.0 Å². The average Bonchev–Trinajstić information content (AvgIpc) is 2.45. The quantitative estimate of drug-likeness (QED) is 0.834. The molecular weight excluding hydrogens is 255 g/mol. The van der Waals surface area contributed by atoms with E-state index in [1.54, 1.807) is 0 Å². The van der Waals surface area contributed by atoms with Crippen molar-refractivity contribution in [2.45, 2.75) is 46.0 Å². The van der Waals surface area contributed by atoms with Crippen LogP contribution < -0.4 is 10.6 Å². The summed E-state index contributed by atoms with van der Waals surface area (Å²) in [6, 6.07) is 0. The lowest BCUT2D eigenvalue weighted by Crippen LogP contribution is -2.22. The molecule has 1 aliphatic carbocycles. The summed E-state index contributed by atoms with van der Waals surface area (Å²) in [4.78, 5) is 8.15. The maximum atomic E-state index is 13.7. The van der Waals surface area contributed by atoms with Gasteiger partial charge >= 0.3 is 0 Å². The van der Waals surface area contributed by atoms with Gasteiger partial charge in [0.05, 0.1) is 6.20 Å². The fourth-order valence-electron chi connectivity index (χ4n) is 2.80. The lowest BCUT2D eigenvalue weighted by molar-refractivity contribution is 0.293. The van der Waals surface area contributed by atoms with E-state index in [-0.39, 0.29) is 5.82 Å². The first-order valence-electron chi connectivity index (χ1n) is 7.69. The molecule has 1 aromatic heterocycles. The Bertz CT molecular complexity index is 424. The molecule has 2 atom stereocenters. The molecule has 5 heteroatoms. The summed E-state index contributed by atoms with van der Waals surface area (Å²) in [6.45, 7) is 5.96. The van der Waals surface area contributed by atoms with Crippen LogP contribution in [-0.2, 0) is 0 Å². The summed E-state index contributed by atoms with van der Waals surface area (Å²) >= 11 is 0. The Morgan fingerprint density at radius 2 is 2.20 bits per heavy atom. The summed E-state index contributed by atoms with van der Waals surface area (Å²) in [6.07, 6.45) is 7.28. The standard InChI is InChI=1S/C15H25FN4/c1-3-7-17-15-19-10-13(16)14(20-15)18-9-12-6-4-5-11(2)8-12/h10-12H,3-9H2,1-2H3,(H2,17,18,19,20). The average molecular weight is 280 g/mol. The van der Waals surface area contributed by atoms with Gasteiger partial charge < -0.3 is 10.6 Å². The minimum atomic E-state index is -0.379. The summed E-state index contributed by atoms with van der Waals surface area (Å²) in [5.74, 6) is 1.84. The van der Waals surface area contributed by atoms with E-state index in [0.29, 0.717) is 17.7 Å². The second-order valence-electron chi connectivity index (χ2n) is 5.84. The highest BCUT2D eigenvalue weighted by molar-refractivity contribution is 5.41. The monoisotopic (exact) mass is 280 g/mol. The van der Waals surface area contributed by atoms with Gasteiger partial charge in [-0.05, 0) is 31.1 Å². The SMILES string of the molecule is CCCNc1ncc(F)c(NCC2CCCC(C)C2)n1. The summed E-state index contributed by atoms with van der Waals surface area (Å²) in [7, 11) is 0. The molecule has 0 bridgehead atoms. The van der Waals surface area contributed by atoms with Gasteiger partial charge in [0.15, 0.2) is 11.6 Å². The number of nitrogens with one attached hydrogen (secondary N) is 2. The number of halogens is 1. The van der Waals surface area contributed by atoms with Crippen LogP contribution in [-0.4, -0.2) is 23.1 Å². The van der Waals surface area contributed by atoms with Gasteiger partial charge in [-0.15, -0.1) is 0 Å². The van der Waals surface area contributed by atoms with E-state index in [9.17, 15) is 4.39 Å². The number of nitrogens with zero attached hydrogens (tertiary/aromatic N) is 2. The highest BCUT2D eigenvalue weighted by atomic mass is 19.1. The van der Waals surface area contributed by atoms with Gasteiger partial charge in [-0.1, -0.05) is 26.7 Å². The number of anilines is 2. The van der Waals surface area contributed by atoms with E-state index >= 15 is 0 Å². The van der Waals surface area contributed by atoms with Crippen LogP contribution in [0.3, 0.4) is 0 Å². The van der Waals surface area contributed by atoms with Crippen LogP contribution in [0.25, 0.3) is 0 Å². The molecule has 0 aliphatic heterocycles. The first-order chi connectivity index (χ1) is 9.69. The van der Waals surface area contributed by atoms with Crippen LogP contribution >= 0.6 is 0 Å². The minimum Gasteiger partial charge on any atom is -0.367 e. The smallest absolute Gasteiger partial charge is 0.224 e.